The number of nitrogens with one attached hydrogen (secondary N) is 1. The van der Waals surface area contributed by atoms with Crippen molar-refractivity contribution < 1.29 is 14.3 Å². The van der Waals surface area contributed by atoms with E-state index in [-0.39, 0.29) is 11.9 Å². The molecule has 146 valence electrons. The van der Waals surface area contributed by atoms with Crippen LogP contribution in [-0.4, -0.2) is 44.7 Å². The second-order valence-electron chi connectivity index (χ2n) is 6.50. The molecule has 0 fully saturated rings. The zero-order valence-corrected chi connectivity index (χ0v) is 17.3. The zero-order valence-electron chi connectivity index (χ0n) is 16.5. The topological polar surface area (TPSA) is 50.8 Å². The van der Waals surface area contributed by atoms with Gasteiger partial charge in [-0.05, 0) is 62.7 Å². The van der Waals surface area contributed by atoms with Crippen molar-refractivity contribution in [3.8, 4) is 11.5 Å². The Morgan fingerprint density at radius 1 is 1.19 bits per heavy atom. The Balaban J connectivity index is 1.96. The highest BCUT2D eigenvalue weighted by Crippen LogP contribution is 2.28. The van der Waals surface area contributed by atoms with E-state index in [2.05, 4.69) is 5.32 Å². The van der Waals surface area contributed by atoms with Gasteiger partial charge in [-0.2, -0.15) is 0 Å². The average molecular weight is 391 g/mol. The van der Waals surface area contributed by atoms with Crippen molar-refractivity contribution in [2.24, 2.45) is 0 Å². The molecule has 0 spiro atoms. The summed E-state index contributed by atoms with van der Waals surface area (Å²) in [6.45, 7) is 4.52. The van der Waals surface area contributed by atoms with Crippen molar-refractivity contribution in [2.75, 3.05) is 33.1 Å². The Hall–Kier alpha value is -2.24. The standard InChI is InChI=1S/C21H27ClN2O3/c1-14-17(22)7-6-8-18(14)23-21(25)15(2)24(3)12-11-16-9-10-19(26-4)20(13-16)27-5/h6-10,13,15H,11-12H2,1-5H3,(H,23,25)/t15-/m0/s1. The Morgan fingerprint density at radius 3 is 2.56 bits per heavy atom. The molecule has 0 aromatic heterocycles. The molecule has 2 rings (SSSR count). The minimum Gasteiger partial charge on any atom is -0.493 e. The van der Waals surface area contributed by atoms with Crippen LogP contribution < -0.4 is 14.8 Å². The van der Waals surface area contributed by atoms with E-state index in [0.29, 0.717) is 16.5 Å². The first-order valence-corrected chi connectivity index (χ1v) is 9.22. The molecule has 0 heterocycles. The highest BCUT2D eigenvalue weighted by molar-refractivity contribution is 6.31. The predicted octanol–water partition coefficient (Wildman–Crippen LogP) is 4.17. The Morgan fingerprint density at radius 2 is 1.89 bits per heavy atom. The molecule has 0 aliphatic heterocycles. The number of rotatable bonds is 8. The number of benzene rings is 2. The highest BCUT2D eigenvalue weighted by Gasteiger charge is 2.19. The van der Waals surface area contributed by atoms with E-state index < -0.39 is 0 Å². The van der Waals surface area contributed by atoms with Crippen LogP contribution in [0.2, 0.25) is 5.02 Å². The molecule has 0 radical (unpaired) electrons. The summed E-state index contributed by atoms with van der Waals surface area (Å²) in [6, 6.07) is 11.1. The Labute approximate surface area is 166 Å². The van der Waals surface area contributed by atoms with Crippen LogP contribution >= 0.6 is 11.6 Å². The van der Waals surface area contributed by atoms with Crippen molar-refractivity contribution in [1.82, 2.24) is 4.90 Å². The predicted molar refractivity (Wildman–Crippen MR) is 110 cm³/mol. The van der Waals surface area contributed by atoms with E-state index in [9.17, 15) is 4.79 Å². The van der Waals surface area contributed by atoms with Gasteiger partial charge in [0.2, 0.25) is 5.91 Å². The minimum absolute atomic E-state index is 0.0600. The van der Waals surface area contributed by atoms with Gasteiger partial charge in [0.1, 0.15) is 0 Å². The van der Waals surface area contributed by atoms with Crippen molar-refractivity contribution in [3.05, 3.63) is 52.5 Å². The van der Waals surface area contributed by atoms with Crippen molar-refractivity contribution in [3.63, 3.8) is 0 Å². The van der Waals surface area contributed by atoms with Gasteiger partial charge in [0, 0.05) is 17.3 Å². The van der Waals surface area contributed by atoms with Crippen molar-refractivity contribution in [1.29, 1.82) is 0 Å². The highest BCUT2D eigenvalue weighted by atomic mass is 35.5. The number of nitrogens with zero attached hydrogens (tertiary/aromatic N) is 1. The molecular weight excluding hydrogens is 364 g/mol. The molecule has 5 nitrogen and oxygen atoms in total. The fourth-order valence-corrected chi connectivity index (χ4v) is 2.89. The SMILES string of the molecule is COc1ccc(CCN(C)[C@@H](C)C(=O)Nc2cccc(Cl)c2C)cc1OC. The first kappa shape index (κ1) is 21.1. The fraction of sp³-hybridized carbons (Fsp3) is 0.381. The molecular formula is C21H27ClN2O3. The number of ether oxygens (including phenoxy) is 2. The lowest BCUT2D eigenvalue weighted by Gasteiger charge is -2.24. The Kier molecular flexibility index (Phi) is 7.51. The van der Waals surface area contributed by atoms with Crippen LogP contribution in [0.1, 0.15) is 18.1 Å². The second kappa shape index (κ2) is 9.62. The van der Waals surface area contributed by atoms with Crippen LogP contribution in [0, 0.1) is 6.92 Å². The largest absolute Gasteiger partial charge is 0.493 e. The lowest BCUT2D eigenvalue weighted by Crippen LogP contribution is -2.40. The summed E-state index contributed by atoms with van der Waals surface area (Å²) in [5, 5.41) is 3.60. The van der Waals surface area contributed by atoms with Crippen LogP contribution in [0.4, 0.5) is 5.69 Å². The maximum atomic E-state index is 12.6. The first-order valence-electron chi connectivity index (χ1n) is 8.84. The third-order valence-electron chi connectivity index (χ3n) is 4.77. The molecule has 27 heavy (non-hydrogen) atoms. The summed E-state index contributed by atoms with van der Waals surface area (Å²) in [7, 11) is 5.18. The van der Waals surface area contributed by atoms with Crippen LogP contribution in [0.15, 0.2) is 36.4 Å². The fourth-order valence-electron chi connectivity index (χ4n) is 2.72. The minimum atomic E-state index is -0.275. The molecule has 0 saturated carbocycles. The van der Waals surface area contributed by atoms with Gasteiger partial charge < -0.3 is 14.8 Å². The summed E-state index contributed by atoms with van der Waals surface area (Å²) >= 11 is 6.12. The number of halogens is 1. The van der Waals surface area contributed by atoms with Gasteiger partial charge >= 0.3 is 0 Å². The van der Waals surface area contributed by atoms with E-state index in [1.807, 2.05) is 62.2 Å². The number of anilines is 1. The quantitative estimate of drug-likeness (QED) is 0.735. The van der Waals surface area contributed by atoms with Crippen LogP contribution in [0.3, 0.4) is 0 Å². The van der Waals surface area contributed by atoms with Gasteiger partial charge in [0.15, 0.2) is 11.5 Å². The number of hydrogen-bond acceptors (Lipinski definition) is 4. The zero-order chi connectivity index (χ0) is 20.0. The average Bonchev–Trinajstić information content (AvgIpc) is 2.68. The number of likely N-dealkylation sites (N-methyl/N-ethyl adjacent to an activating group) is 1. The third-order valence-corrected chi connectivity index (χ3v) is 5.18. The third kappa shape index (κ3) is 5.37. The molecule has 0 unspecified atom stereocenters. The summed E-state index contributed by atoms with van der Waals surface area (Å²) in [5.74, 6) is 1.36. The van der Waals surface area contributed by atoms with Crippen molar-refractivity contribution >= 4 is 23.2 Å². The first-order chi connectivity index (χ1) is 12.9. The summed E-state index contributed by atoms with van der Waals surface area (Å²) < 4.78 is 10.6. The Bertz CT molecular complexity index is 795. The number of hydrogen-bond donors (Lipinski definition) is 1. The molecule has 1 atom stereocenters. The van der Waals surface area contributed by atoms with E-state index in [4.69, 9.17) is 21.1 Å². The molecule has 2 aromatic rings. The summed E-state index contributed by atoms with van der Waals surface area (Å²) in [6.07, 6.45) is 0.796. The normalized spacial score (nSPS) is 12.0. The maximum Gasteiger partial charge on any atom is 0.241 e. The van der Waals surface area contributed by atoms with Gasteiger partial charge in [-0.3, -0.25) is 9.69 Å². The van der Waals surface area contributed by atoms with Gasteiger partial charge in [-0.1, -0.05) is 23.7 Å². The number of methoxy groups -OCH3 is 2. The van der Waals surface area contributed by atoms with Crippen LogP contribution in [0.5, 0.6) is 11.5 Å². The van der Waals surface area contributed by atoms with Crippen molar-refractivity contribution in [2.45, 2.75) is 26.3 Å². The maximum absolute atomic E-state index is 12.6. The molecule has 0 bridgehead atoms. The molecule has 6 heteroatoms. The molecule has 1 amide bonds. The number of carbonyl (C=O) groups excluding carboxylic acids is 1. The second-order valence-corrected chi connectivity index (χ2v) is 6.90. The molecule has 0 aliphatic rings. The number of carbonyl (C=O) groups is 1. The summed E-state index contributed by atoms with van der Waals surface area (Å²) in [4.78, 5) is 14.6. The van der Waals surface area contributed by atoms with E-state index in [0.717, 1.165) is 29.8 Å². The molecule has 1 N–H and O–H groups in total. The van der Waals surface area contributed by atoms with Crippen LogP contribution in [-0.2, 0) is 11.2 Å². The lowest BCUT2D eigenvalue weighted by molar-refractivity contribution is -0.120. The molecule has 0 aliphatic carbocycles. The number of amides is 1. The van der Waals surface area contributed by atoms with Gasteiger partial charge in [0.25, 0.3) is 0 Å². The van der Waals surface area contributed by atoms with E-state index in [1.165, 1.54) is 0 Å². The summed E-state index contributed by atoms with van der Waals surface area (Å²) in [5.41, 5.74) is 2.73. The van der Waals surface area contributed by atoms with Crippen LogP contribution in [0.25, 0.3) is 0 Å². The van der Waals surface area contributed by atoms with Gasteiger partial charge in [-0.15, -0.1) is 0 Å². The molecule has 0 saturated heterocycles. The smallest absolute Gasteiger partial charge is 0.241 e. The van der Waals surface area contributed by atoms with Gasteiger partial charge in [0.05, 0.1) is 20.3 Å². The molecule has 2 aromatic carbocycles. The lowest BCUT2D eigenvalue weighted by atomic mass is 10.1. The van der Waals surface area contributed by atoms with E-state index >= 15 is 0 Å². The monoisotopic (exact) mass is 390 g/mol. The van der Waals surface area contributed by atoms with E-state index in [1.54, 1.807) is 14.2 Å². The van der Waals surface area contributed by atoms with Gasteiger partial charge in [-0.25, -0.2) is 0 Å².